The summed E-state index contributed by atoms with van der Waals surface area (Å²) in [5.41, 5.74) is 0. The Balaban J connectivity index is 2.35. The second-order valence-corrected chi connectivity index (χ2v) is 5.47. The van der Waals surface area contributed by atoms with Crippen LogP contribution in [0.1, 0.15) is 51.4 Å². The normalized spacial score (nSPS) is 21.0. The van der Waals surface area contributed by atoms with Gasteiger partial charge < -0.3 is 19.5 Å². The van der Waals surface area contributed by atoms with Crippen LogP contribution in [0.15, 0.2) is 0 Å². The second-order valence-electron chi connectivity index (χ2n) is 5.47. The molecule has 0 saturated carbocycles. The van der Waals surface area contributed by atoms with Gasteiger partial charge in [-0.2, -0.15) is 0 Å². The van der Waals surface area contributed by atoms with E-state index in [0.717, 1.165) is 32.1 Å². The number of carbonyl (C=O) groups excluding carboxylic acids is 4. The van der Waals surface area contributed by atoms with Crippen LogP contribution in [0.4, 0.5) is 0 Å². The van der Waals surface area contributed by atoms with Gasteiger partial charge in [0.1, 0.15) is 13.2 Å². The van der Waals surface area contributed by atoms with Crippen LogP contribution in [0, 0.1) is 0 Å². The van der Waals surface area contributed by atoms with Crippen molar-refractivity contribution in [3.8, 4) is 0 Å². The van der Waals surface area contributed by atoms with Crippen molar-refractivity contribution < 1.29 is 33.4 Å². The van der Waals surface area contributed by atoms with E-state index in [1.165, 1.54) is 0 Å². The fourth-order valence-electron chi connectivity index (χ4n) is 2.06. The van der Waals surface area contributed by atoms with Crippen molar-refractivity contribution >= 4 is 23.8 Å². The van der Waals surface area contributed by atoms with Crippen LogP contribution in [0.25, 0.3) is 0 Å². The number of rotatable bonds is 0. The van der Waals surface area contributed by atoms with Gasteiger partial charge in [-0.05, 0) is 12.8 Å². The maximum Gasteiger partial charge on any atom is 0.309 e. The molecule has 1 amide bonds. The minimum Gasteiger partial charge on any atom is -0.465 e. The first-order valence-corrected chi connectivity index (χ1v) is 8.31. The zero-order valence-electron chi connectivity index (χ0n) is 13.8. The van der Waals surface area contributed by atoms with E-state index < -0.39 is 11.9 Å². The molecular weight excluding hydrogens is 318 g/mol. The minimum atomic E-state index is -0.612. The zero-order valence-corrected chi connectivity index (χ0v) is 13.8. The highest BCUT2D eigenvalue weighted by Gasteiger charge is 2.11. The van der Waals surface area contributed by atoms with E-state index in [0.29, 0.717) is 13.0 Å². The smallest absolute Gasteiger partial charge is 0.309 e. The predicted molar refractivity (Wildman–Crippen MR) is 82.8 cm³/mol. The van der Waals surface area contributed by atoms with Gasteiger partial charge in [0.25, 0.3) is 5.91 Å². The molecule has 1 saturated heterocycles. The van der Waals surface area contributed by atoms with Crippen molar-refractivity contribution in [3.05, 3.63) is 0 Å². The Hall–Kier alpha value is -2.12. The molecule has 1 fully saturated rings. The molecule has 0 bridgehead atoms. The second kappa shape index (κ2) is 12.3. The Bertz CT molecular complexity index is 436. The van der Waals surface area contributed by atoms with Gasteiger partial charge in [-0.25, -0.2) is 0 Å². The molecule has 0 aromatic rings. The highest BCUT2D eigenvalue weighted by atomic mass is 16.6. The third kappa shape index (κ3) is 10.6. The quantitative estimate of drug-likeness (QED) is 0.513. The van der Waals surface area contributed by atoms with E-state index >= 15 is 0 Å². The van der Waals surface area contributed by atoms with E-state index in [4.69, 9.17) is 14.2 Å². The summed E-state index contributed by atoms with van der Waals surface area (Å²) in [5.74, 6) is -1.84. The molecule has 0 atom stereocenters. The Morgan fingerprint density at radius 1 is 0.625 bits per heavy atom. The summed E-state index contributed by atoms with van der Waals surface area (Å²) in [5, 5.41) is 2.66. The van der Waals surface area contributed by atoms with Gasteiger partial charge >= 0.3 is 17.9 Å². The summed E-state index contributed by atoms with van der Waals surface area (Å²) in [7, 11) is 0. The Morgan fingerprint density at radius 2 is 1.17 bits per heavy atom. The summed E-state index contributed by atoms with van der Waals surface area (Å²) in [6.07, 6.45) is 4.54. The van der Waals surface area contributed by atoms with Crippen LogP contribution in [-0.4, -0.2) is 50.2 Å². The molecule has 1 aliphatic rings. The first-order valence-electron chi connectivity index (χ1n) is 8.31. The van der Waals surface area contributed by atoms with E-state index in [1.807, 2.05) is 0 Å². The Labute approximate surface area is 141 Å². The van der Waals surface area contributed by atoms with Crippen molar-refractivity contribution in [1.29, 1.82) is 0 Å². The van der Waals surface area contributed by atoms with Crippen LogP contribution in [-0.2, 0) is 33.4 Å². The first-order chi connectivity index (χ1) is 11.6. The monoisotopic (exact) mass is 343 g/mol. The molecule has 0 unspecified atom stereocenters. The van der Waals surface area contributed by atoms with E-state index in [2.05, 4.69) is 5.32 Å². The first kappa shape index (κ1) is 19.9. The van der Waals surface area contributed by atoms with Gasteiger partial charge in [0.05, 0.1) is 12.8 Å². The Kier molecular flexibility index (Phi) is 10.2. The molecule has 1 aliphatic heterocycles. The van der Waals surface area contributed by atoms with E-state index in [9.17, 15) is 19.2 Å². The van der Waals surface area contributed by atoms with Crippen molar-refractivity contribution in [2.24, 2.45) is 0 Å². The van der Waals surface area contributed by atoms with Crippen LogP contribution < -0.4 is 5.32 Å². The lowest BCUT2D eigenvalue weighted by molar-refractivity contribution is -0.153. The Morgan fingerprint density at radius 3 is 1.88 bits per heavy atom. The van der Waals surface area contributed by atoms with Gasteiger partial charge in [0, 0.05) is 13.0 Å². The maximum atomic E-state index is 11.5. The fraction of sp³-hybridized carbons (Fsp3) is 0.750. The molecule has 1 N–H and O–H groups in total. The molecular formula is C16H25NO7. The van der Waals surface area contributed by atoms with Crippen molar-refractivity contribution in [3.63, 3.8) is 0 Å². The summed E-state index contributed by atoms with van der Waals surface area (Å²) in [4.78, 5) is 45.7. The number of nitrogens with one attached hydrogen (secondary N) is 1. The molecule has 0 spiro atoms. The standard InChI is InChI=1S/C16H25NO7/c18-13-12-24-16(21)8-11-23-15(20)7-10-22-14(19)6-4-2-1-3-5-9-17-13/h1-12H2,(H,17,18). The molecule has 0 aromatic heterocycles. The highest BCUT2D eigenvalue weighted by molar-refractivity contribution is 5.80. The molecule has 1 rings (SSSR count). The molecule has 0 aromatic carbocycles. The number of amides is 1. The van der Waals surface area contributed by atoms with Gasteiger partial charge in [-0.3, -0.25) is 19.2 Å². The lowest BCUT2D eigenvalue weighted by atomic mass is 10.1. The third-order valence-electron chi connectivity index (χ3n) is 3.38. The average molecular weight is 343 g/mol. The zero-order chi connectivity index (χ0) is 17.6. The van der Waals surface area contributed by atoms with Crippen LogP contribution in [0.3, 0.4) is 0 Å². The van der Waals surface area contributed by atoms with Crippen molar-refractivity contribution in [1.82, 2.24) is 5.32 Å². The number of ether oxygens (including phenoxy) is 3. The van der Waals surface area contributed by atoms with Gasteiger partial charge in [0.2, 0.25) is 0 Å². The molecule has 136 valence electrons. The number of carbonyl (C=O) groups is 4. The predicted octanol–water partition coefficient (Wildman–Crippen LogP) is 0.867. The highest BCUT2D eigenvalue weighted by Crippen LogP contribution is 2.06. The van der Waals surface area contributed by atoms with E-state index in [-0.39, 0.29) is 44.5 Å². The number of esters is 3. The number of hydrogen-bond acceptors (Lipinski definition) is 7. The van der Waals surface area contributed by atoms with Crippen molar-refractivity contribution in [2.45, 2.75) is 51.4 Å². The molecule has 0 radical (unpaired) electrons. The molecule has 0 aliphatic carbocycles. The van der Waals surface area contributed by atoms with Crippen LogP contribution >= 0.6 is 0 Å². The van der Waals surface area contributed by atoms with Crippen LogP contribution in [0.5, 0.6) is 0 Å². The topological polar surface area (TPSA) is 108 Å². The van der Waals surface area contributed by atoms with Crippen LogP contribution in [0.2, 0.25) is 0 Å². The van der Waals surface area contributed by atoms with Gasteiger partial charge in [0.15, 0.2) is 6.61 Å². The fourth-order valence-corrected chi connectivity index (χ4v) is 2.06. The summed E-state index contributed by atoms with van der Waals surface area (Å²) in [6.45, 7) is 0.0360. The molecule has 8 nitrogen and oxygen atoms in total. The lowest BCUT2D eigenvalue weighted by Gasteiger charge is -2.08. The number of cyclic esters (lactones) is 3. The average Bonchev–Trinajstić information content (AvgIpc) is 2.54. The van der Waals surface area contributed by atoms with Crippen molar-refractivity contribution in [2.75, 3.05) is 26.4 Å². The lowest BCUT2D eigenvalue weighted by Crippen LogP contribution is -2.29. The minimum absolute atomic E-state index is 0.0255. The summed E-state index contributed by atoms with van der Waals surface area (Å²) < 4.78 is 14.5. The maximum absolute atomic E-state index is 11.5. The van der Waals surface area contributed by atoms with E-state index in [1.54, 1.807) is 0 Å². The van der Waals surface area contributed by atoms with Gasteiger partial charge in [-0.15, -0.1) is 0 Å². The summed E-state index contributed by atoms with van der Waals surface area (Å²) in [6, 6.07) is 0. The molecule has 24 heavy (non-hydrogen) atoms. The molecule has 8 heteroatoms. The largest absolute Gasteiger partial charge is 0.465 e. The van der Waals surface area contributed by atoms with Gasteiger partial charge in [-0.1, -0.05) is 19.3 Å². The summed E-state index contributed by atoms with van der Waals surface area (Å²) >= 11 is 0. The third-order valence-corrected chi connectivity index (χ3v) is 3.38. The number of hydrogen-bond donors (Lipinski definition) is 1. The SMILES string of the molecule is O=C1COC(=O)CCOC(=O)CCOC(=O)CCCCCCCN1. The molecule has 1 heterocycles.